The van der Waals surface area contributed by atoms with E-state index in [1.807, 2.05) is 32.0 Å². The second-order valence-electron chi connectivity index (χ2n) is 6.34. The maximum atomic E-state index is 13.0. The van der Waals surface area contributed by atoms with Crippen LogP contribution in [0.4, 0.5) is 9.52 Å². The molecule has 2 aromatic carbocycles. The molecule has 0 radical (unpaired) electrons. The summed E-state index contributed by atoms with van der Waals surface area (Å²) in [4.78, 5) is 17.6. The van der Waals surface area contributed by atoms with Crippen LogP contribution in [0.2, 0.25) is 0 Å². The van der Waals surface area contributed by atoms with Gasteiger partial charge in [0.05, 0.1) is 11.7 Å². The van der Waals surface area contributed by atoms with E-state index >= 15 is 0 Å². The second kappa shape index (κ2) is 8.77. The zero-order chi connectivity index (χ0) is 19.2. The van der Waals surface area contributed by atoms with Gasteiger partial charge in [-0.05, 0) is 43.5 Å². The van der Waals surface area contributed by atoms with Gasteiger partial charge in [-0.3, -0.25) is 4.79 Å². The van der Waals surface area contributed by atoms with Gasteiger partial charge in [0.15, 0.2) is 5.13 Å². The number of nitrogens with zero attached hydrogens (tertiary/aromatic N) is 1. The topological polar surface area (TPSA) is 54.0 Å². The Morgan fingerprint density at radius 1 is 1.15 bits per heavy atom. The van der Waals surface area contributed by atoms with E-state index < -0.39 is 0 Å². The Kier molecular flexibility index (Phi) is 6.19. The second-order valence-corrected chi connectivity index (χ2v) is 7.34. The number of aromatic nitrogens is 1. The summed E-state index contributed by atoms with van der Waals surface area (Å²) < 4.78 is 13.0. The minimum absolute atomic E-state index is 0.169. The lowest BCUT2D eigenvalue weighted by atomic mass is 10.1. The van der Waals surface area contributed by atoms with E-state index in [1.165, 1.54) is 29.0 Å². The fourth-order valence-corrected chi connectivity index (χ4v) is 3.63. The van der Waals surface area contributed by atoms with E-state index in [4.69, 9.17) is 0 Å². The number of hydrogen-bond acceptors (Lipinski definition) is 4. The van der Waals surface area contributed by atoms with Crippen LogP contribution >= 0.6 is 11.3 Å². The number of thiazole rings is 1. The molecule has 3 aromatic rings. The minimum atomic E-state index is -0.290. The molecule has 2 N–H and O–H groups in total. The third-order valence-electron chi connectivity index (χ3n) is 4.25. The molecule has 1 heterocycles. The molecule has 1 amide bonds. The van der Waals surface area contributed by atoms with Crippen LogP contribution in [0.5, 0.6) is 0 Å². The zero-order valence-corrected chi connectivity index (χ0v) is 16.1. The van der Waals surface area contributed by atoms with Crippen molar-refractivity contribution in [2.24, 2.45) is 0 Å². The molecule has 0 aliphatic rings. The highest BCUT2D eigenvalue weighted by molar-refractivity contribution is 7.17. The van der Waals surface area contributed by atoms with Crippen molar-refractivity contribution in [2.45, 2.75) is 26.3 Å². The van der Waals surface area contributed by atoms with Gasteiger partial charge in [-0.1, -0.05) is 53.8 Å². The molecule has 0 bridgehead atoms. The van der Waals surface area contributed by atoms with Gasteiger partial charge in [0.1, 0.15) is 10.7 Å². The molecule has 3 rings (SSSR count). The van der Waals surface area contributed by atoms with E-state index in [0.717, 1.165) is 23.7 Å². The molecule has 4 nitrogen and oxygen atoms in total. The summed E-state index contributed by atoms with van der Waals surface area (Å²) in [5.41, 5.74) is 2.81. The Morgan fingerprint density at radius 3 is 2.56 bits per heavy atom. The van der Waals surface area contributed by atoms with Crippen LogP contribution in [0.15, 0.2) is 54.6 Å². The van der Waals surface area contributed by atoms with Crippen molar-refractivity contribution < 1.29 is 9.18 Å². The van der Waals surface area contributed by atoms with Crippen LogP contribution in [0.25, 0.3) is 0 Å². The van der Waals surface area contributed by atoms with Crippen molar-refractivity contribution in [3.63, 3.8) is 0 Å². The van der Waals surface area contributed by atoms with Gasteiger partial charge in [-0.15, -0.1) is 0 Å². The molecular formula is C21H22FN3OS. The van der Waals surface area contributed by atoms with Crippen molar-refractivity contribution >= 4 is 22.4 Å². The molecule has 0 fully saturated rings. The number of halogens is 1. The predicted molar refractivity (Wildman–Crippen MR) is 108 cm³/mol. The molecule has 1 atom stereocenters. The lowest BCUT2D eigenvalue weighted by Crippen LogP contribution is -2.26. The predicted octanol–water partition coefficient (Wildman–Crippen LogP) is 4.74. The molecule has 0 aliphatic carbocycles. The number of amides is 1. The number of aryl methyl sites for hydroxylation is 1. The van der Waals surface area contributed by atoms with Gasteiger partial charge in [0, 0.05) is 6.54 Å². The van der Waals surface area contributed by atoms with Crippen molar-refractivity contribution in [2.75, 3.05) is 11.9 Å². The van der Waals surface area contributed by atoms with Crippen LogP contribution in [0, 0.1) is 12.7 Å². The number of carbonyl (C=O) groups is 1. The van der Waals surface area contributed by atoms with Gasteiger partial charge in [-0.25, -0.2) is 9.37 Å². The monoisotopic (exact) mass is 383 g/mol. The molecule has 27 heavy (non-hydrogen) atoms. The summed E-state index contributed by atoms with van der Waals surface area (Å²) in [5.74, 6) is -0.459. The summed E-state index contributed by atoms with van der Waals surface area (Å²) in [6.07, 6.45) is 0.891. The van der Waals surface area contributed by atoms with Crippen molar-refractivity contribution in [1.29, 1.82) is 0 Å². The van der Waals surface area contributed by atoms with E-state index in [1.54, 1.807) is 12.1 Å². The first-order chi connectivity index (χ1) is 13.0. The Balaban J connectivity index is 1.58. The van der Waals surface area contributed by atoms with Gasteiger partial charge in [-0.2, -0.15) is 0 Å². The smallest absolute Gasteiger partial charge is 0.263 e. The van der Waals surface area contributed by atoms with Crippen molar-refractivity contribution in [1.82, 2.24) is 10.3 Å². The summed E-state index contributed by atoms with van der Waals surface area (Å²) >= 11 is 1.35. The first-order valence-corrected chi connectivity index (χ1v) is 9.66. The first-order valence-electron chi connectivity index (χ1n) is 8.84. The number of carbonyl (C=O) groups excluding carboxylic acids is 1. The average Bonchev–Trinajstić information content (AvgIpc) is 3.04. The lowest BCUT2D eigenvalue weighted by Gasteiger charge is -2.13. The van der Waals surface area contributed by atoms with Crippen molar-refractivity contribution in [3.8, 4) is 0 Å². The highest BCUT2D eigenvalue weighted by atomic mass is 32.1. The highest BCUT2D eigenvalue weighted by Gasteiger charge is 2.18. The Morgan fingerprint density at radius 2 is 1.85 bits per heavy atom. The number of anilines is 1. The van der Waals surface area contributed by atoms with Gasteiger partial charge < -0.3 is 10.6 Å². The van der Waals surface area contributed by atoms with Gasteiger partial charge in [0.2, 0.25) is 0 Å². The number of hydrogen-bond donors (Lipinski definition) is 2. The Bertz CT molecular complexity index is 894. The lowest BCUT2D eigenvalue weighted by molar-refractivity contribution is 0.0943. The molecular weight excluding hydrogens is 361 g/mol. The van der Waals surface area contributed by atoms with Crippen LogP contribution < -0.4 is 10.6 Å². The standard InChI is InChI=1S/C21H22FN3OS/c1-14(17-8-10-18(22)11-9-17)24-20(26)19-15(2)25-21(27-19)23-13-12-16-6-4-3-5-7-16/h3-11,14H,12-13H2,1-2H3,(H,23,25)(H,24,26). The molecule has 0 spiro atoms. The quantitative estimate of drug-likeness (QED) is 0.620. The van der Waals surface area contributed by atoms with E-state index in [-0.39, 0.29) is 17.8 Å². The first kappa shape index (κ1) is 19.0. The highest BCUT2D eigenvalue weighted by Crippen LogP contribution is 2.23. The molecule has 6 heteroatoms. The Labute approximate surface area is 162 Å². The fraction of sp³-hybridized carbons (Fsp3) is 0.238. The largest absolute Gasteiger partial charge is 0.361 e. The zero-order valence-electron chi connectivity index (χ0n) is 15.3. The minimum Gasteiger partial charge on any atom is -0.361 e. The van der Waals surface area contributed by atoms with E-state index in [9.17, 15) is 9.18 Å². The maximum Gasteiger partial charge on any atom is 0.263 e. The molecule has 1 aromatic heterocycles. The third-order valence-corrected chi connectivity index (χ3v) is 5.37. The van der Waals surface area contributed by atoms with Crippen LogP contribution in [-0.2, 0) is 6.42 Å². The normalized spacial score (nSPS) is 11.8. The number of rotatable bonds is 7. The SMILES string of the molecule is Cc1nc(NCCc2ccccc2)sc1C(=O)NC(C)c1ccc(F)cc1. The van der Waals surface area contributed by atoms with Gasteiger partial charge in [0.25, 0.3) is 5.91 Å². The number of nitrogens with one attached hydrogen (secondary N) is 2. The van der Waals surface area contributed by atoms with Crippen LogP contribution in [0.1, 0.15) is 39.5 Å². The van der Waals surface area contributed by atoms with Crippen LogP contribution in [-0.4, -0.2) is 17.4 Å². The molecule has 140 valence electrons. The van der Waals surface area contributed by atoms with Crippen LogP contribution in [0.3, 0.4) is 0 Å². The summed E-state index contributed by atoms with van der Waals surface area (Å²) in [6.45, 7) is 4.46. The van der Waals surface area contributed by atoms with E-state index in [0.29, 0.717) is 10.6 Å². The van der Waals surface area contributed by atoms with Gasteiger partial charge >= 0.3 is 0 Å². The molecule has 0 aliphatic heterocycles. The third kappa shape index (κ3) is 5.14. The molecule has 1 unspecified atom stereocenters. The fourth-order valence-electron chi connectivity index (χ4n) is 2.74. The summed E-state index contributed by atoms with van der Waals surface area (Å²) in [5, 5.41) is 6.97. The average molecular weight is 383 g/mol. The maximum absolute atomic E-state index is 13.0. The van der Waals surface area contributed by atoms with E-state index in [2.05, 4.69) is 27.8 Å². The van der Waals surface area contributed by atoms with Crippen molar-refractivity contribution in [3.05, 3.63) is 82.1 Å². The summed E-state index contributed by atoms with van der Waals surface area (Å²) in [7, 11) is 0. The Hall–Kier alpha value is -2.73. The summed E-state index contributed by atoms with van der Waals surface area (Å²) in [6, 6.07) is 16.1. The molecule has 0 saturated heterocycles. The number of benzene rings is 2. The molecule has 0 saturated carbocycles.